The third-order valence-electron chi connectivity index (χ3n) is 1.38. The zero-order valence-corrected chi connectivity index (χ0v) is 7.80. The zero-order valence-electron chi connectivity index (χ0n) is 7.80. The number of nitrogens with zero attached hydrogens (tertiary/aromatic N) is 1. The average Bonchev–Trinajstić information content (AvgIpc) is 2.15. The van der Waals surface area contributed by atoms with Crippen molar-refractivity contribution < 1.29 is 13.9 Å². The Kier molecular flexibility index (Phi) is 3.22. The Labute approximate surface area is 80.3 Å². The quantitative estimate of drug-likeness (QED) is 0.703. The molecule has 1 rings (SSSR count). The largest absolute Gasteiger partial charge is 0.479 e. The lowest BCUT2D eigenvalue weighted by molar-refractivity contribution is -0.118. The number of amides is 1. The summed E-state index contributed by atoms with van der Waals surface area (Å²) in [6, 6.07) is 1.17. The minimum Gasteiger partial charge on any atom is -0.479 e. The minimum absolute atomic E-state index is 0.0848. The second-order valence-electron chi connectivity index (χ2n) is 2.52. The molecule has 1 amide bonds. The van der Waals surface area contributed by atoms with Crippen LogP contribution in [0.1, 0.15) is 6.92 Å². The van der Waals surface area contributed by atoms with Gasteiger partial charge in [-0.05, 0) is 0 Å². The van der Waals surface area contributed by atoms with Crippen LogP contribution in [-0.4, -0.2) is 18.0 Å². The van der Waals surface area contributed by atoms with E-state index in [4.69, 9.17) is 0 Å². The van der Waals surface area contributed by atoms with Gasteiger partial charge in [-0.15, -0.1) is 0 Å². The molecule has 1 aromatic rings. The summed E-state index contributed by atoms with van der Waals surface area (Å²) in [5.74, 6) is -0.956. The van der Waals surface area contributed by atoms with Gasteiger partial charge in [0, 0.05) is 13.0 Å². The Bertz CT molecular complexity index is 343. The van der Waals surface area contributed by atoms with Gasteiger partial charge in [-0.3, -0.25) is 15.6 Å². The molecule has 5 nitrogen and oxygen atoms in total. The highest BCUT2D eigenvalue weighted by Crippen LogP contribution is 2.16. The van der Waals surface area contributed by atoms with Crippen LogP contribution in [0.25, 0.3) is 0 Å². The zero-order chi connectivity index (χ0) is 10.6. The number of ether oxygens (including phenoxy) is 1. The van der Waals surface area contributed by atoms with E-state index in [-0.39, 0.29) is 11.8 Å². The Morgan fingerprint density at radius 2 is 2.36 bits per heavy atom. The van der Waals surface area contributed by atoms with Crippen molar-refractivity contribution in [2.75, 3.05) is 12.5 Å². The van der Waals surface area contributed by atoms with E-state index in [2.05, 4.69) is 20.6 Å². The molecule has 0 bridgehead atoms. The molecule has 14 heavy (non-hydrogen) atoms. The molecule has 0 saturated heterocycles. The molecule has 0 atom stereocenters. The fourth-order valence-corrected chi connectivity index (χ4v) is 0.804. The molecule has 76 valence electrons. The Morgan fingerprint density at radius 1 is 1.64 bits per heavy atom. The van der Waals surface area contributed by atoms with E-state index < -0.39 is 5.82 Å². The van der Waals surface area contributed by atoms with Crippen molar-refractivity contribution >= 4 is 11.6 Å². The van der Waals surface area contributed by atoms with Gasteiger partial charge in [0.25, 0.3) is 0 Å². The first kappa shape index (κ1) is 10.2. The van der Waals surface area contributed by atoms with Crippen LogP contribution in [0.5, 0.6) is 5.88 Å². The van der Waals surface area contributed by atoms with Gasteiger partial charge in [-0.2, -0.15) is 0 Å². The SMILES string of the molecule is COc1ncc(NNC(C)=O)cc1F. The molecule has 0 aromatic carbocycles. The first-order valence-corrected chi connectivity index (χ1v) is 3.85. The standard InChI is InChI=1S/C8H10FN3O2/c1-5(13)11-12-6-3-7(9)8(14-2)10-4-6/h3-4,12H,1-2H3,(H,11,13). The summed E-state index contributed by atoms with van der Waals surface area (Å²) in [4.78, 5) is 14.2. The van der Waals surface area contributed by atoms with Crippen molar-refractivity contribution in [3.05, 3.63) is 18.1 Å². The van der Waals surface area contributed by atoms with Crippen LogP contribution in [-0.2, 0) is 4.79 Å². The molecular formula is C8H10FN3O2. The van der Waals surface area contributed by atoms with Gasteiger partial charge in [0.1, 0.15) is 0 Å². The topological polar surface area (TPSA) is 63.2 Å². The summed E-state index contributed by atoms with van der Waals surface area (Å²) in [6.45, 7) is 1.33. The number of carbonyl (C=O) groups is 1. The van der Waals surface area contributed by atoms with Crippen LogP contribution in [0.2, 0.25) is 0 Å². The Morgan fingerprint density at radius 3 is 2.86 bits per heavy atom. The van der Waals surface area contributed by atoms with E-state index in [9.17, 15) is 9.18 Å². The van der Waals surface area contributed by atoms with Crippen LogP contribution in [0, 0.1) is 5.82 Å². The van der Waals surface area contributed by atoms with Crippen LogP contribution in [0.15, 0.2) is 12.3 Å². The number of pyridine rings is 1. The van der Waals surface area contributed by atoms with Gasteiger partial charge in [0.2, 0.25) is 11.8 Å². The summed E-state index contributed by atoms with van der Waals surface area (Å²) in [6.07, 6.45) is 1.35. The number of rotatable bonds is 3. The fourth-order valence-electron chi connectivity index (χ4n) is 0.804. The molecule has 0 radical (unpaired) electrons. The summed E-state index contributed by atoms with van der Waals surface area (Å²) in [7, 11) is 1.33. The summed E-state index contributed by atoms with van der Waals surface area (Å²) >= 11 is 0. The van der Waals surface area contributed by atoms with Crippen molar-refractivity contribution in [2.24, 2.45) is 0 Å². The molecule has 2 N–H and O–H groups in total. The van der Waals surface area contributed by atoms with Crippen LogP contribution in [0.3, 0.4) is 0 Å². The lowest BCUT2D eigenvalue weighted by Crippen LogP contribution is -2.26. The number of anilines is 1. The molecule has 0 aliphatic rings. The van der Waals surface area contributed by atoms with Crippen molar-refractivity contribution in [1.82, 2.24) is 10.4 Å². The molecule has 0 spiro atoms. The third-order valence-corrected chi connectivity index (χ3v) is 1.38. The van der Waals surface area contributed by atoms with Gasteiger partial charge in [-0.25, -0.2) is 9.37 Å². The summed E-state index contributed by atoms with van der Waals surface area (Å²) in [5, 5.41) is 0. The van der Waals surface area contributed by atoms with Gasteiger partial charge in [0.15, 0.2) is 5.82 Å². The van der Waals surface area contributed by atoms with E-state index >= 15 is 0 Å². The number of nitrogens with one attached hydrogen (secondary N) is 2. The molecule has 6 heteroatoms. The Balaban J connectivity index is 2.71. The highest BCUT2D eigenvalue weighted by molar-refractivity contribution is 5.74. The lowest BCUT2D eigenvalue weighted by Gasteiger charge is -2.06. The van der Waals surface area contributed by atoms with Crippen molar-refractivity contribution in [1.29, 1.82) is 0 Å². The molecule has 0 unspecified atom stereocenters. The maximum absolute atomic E-state index is 13.0. The van der Waals surface area contributed by atoms with Crippen LogP contribution < -0.4 is 15.6 Å². The van der Waals surface area contributed by atoms with Gasteiger partial charge < -0.3 is 4.74 Å². The van der Waals surface area contributed by atoms with Crippen LogP contribution in [0.4, 0.5) is 10.1 Å². The average molecular weight is 199 g/mol. The molecule has 0 aliphatic carbocycles. The minimum atomic E-state index is -0.595. The van der Waals surface area contributed by atoms with E-state index in [0.29, 0.717) is 5.69 Å². The van der Waals surface area contributed by atoms with E-state index in [0.717, 1.165) is 0 Å². The summed E-state index contributed by atoms with van der Waals surface area (Å²) < 4.78 is 17.7. The number of halogens is 1. The molecular weight excluding hydrogens is 189 g/mol. The number of carbonyl (C=O) groups excluding carboxylic acids is 1. The van der Waals surface area contributed by atoms with Crippen molar-refractivity contribution in [3.8, 4) is 5.88 Å². The molecule has 1 heterocycles. The van der Waals surface area contributed by atoms with Gasteiger partial charge in [-0.1, -0.05) is 0 Å². The first-order chi connectivity index (χ1) is 6.63. The van der Waals surface area contributed by atoms with Crippen LogP contribution >= 0.6 is 0 Å². The van der Waals surface area contributed by atoms with E-state index in [1.165, 1.54) is 26.3 Å². The smallest absolute Gasteiger partial charge is 0.250 e. The lowest BCUT2D eigenvalue weighted by atomic mass is 10.4. The van der Waals surface area contributed by atoms with Gasteiger partial charge >= 0.3 is 0 Å². The number of hydrazine groups is 1. The van der Waals surface area contributed by atoms with Gasteiger partial charge in [0.05, 0.1) is 19.0 Å². The maximum Gasteiger partial charge on any atom is 0.250 e. The van der Waals surface area contributed by atoms with E-state index in [1.54, 1.807) is 0 Å². The predicted molar refractivity (Wildman–Crippen MR) is 48.2 cm³/mol. The first-order valence-electron chi connectivity index (χ1n) is 3.85. The number of hydrogen-bond acceptors (Lipinski definition) is 4. The monoisotopic (exact) mass is 199 g/mol. The number of methoxy groups -OCH3 is 1. The normalized spacial score (nSPS) is 9.36. The third kappa shape index (κ3) is 2.58. The Hall–Kier alpha value is -1.85. The molecule has 0 fully saturated rings. The molecule has 1 aromatic heterocycles. The van der Waals surface area contributed by atoms with E-state index in [1.807, 2.05) is 0 Å². The second kappa shape index (κ2) is 4.40. The highest BCUT2D eigenvalue weighted by Gasteiger charge is 2.04. The number of hydrogen-bond donors (Lipinski definition) is 2. The predicted octanol–water partition coefficient (Wildman–Crippen LogP) is 0.692. The second-order valence-corrected chi connectivity index (χ2v) is 2.52. The number of aromatic nitrogens is 1. The van der Waals surface area contributed by atoms with Crippen molar-refractivity contribution in [3.63, 3.8) is 0 Å². The summed E-state index contributed by atoms with van der Waals surface area (Å²) in [5.41, 5.74) is 5.11. The fraction of sp³-hybridized carbons (Fsp3) is 0.250. The maximum atomic E-state index is 13.0. The molecule has 0 saturated carbocycles. The van der Waals surface area contributed by atoms with Crippen molar-refractivity contribution in [2.45, 2.75) is 6.92 Å². The molecule has 0 aliphatic heterocycles. The highest BCUT2D eigenvalue weighted by atomic mass is 19.1.